The van der Waals surface area contributed by atoms with Gasteiger partial charge in [0.25, 0.3) is 0 Å². The predicted octanol–water partition coefficient (Wildman–Crippen LogP) is 1.85. The Morgan fingerprint density at radius 2 is 2.05 bits per heavy atom. The summed E-state index contributed by atoms with van der Waals surface area (Å²) >= 11 is 0. The molecule has 3 aliphatic rings. The van der Waals surface area contributed by atoms with Crippen LogP contribution in [0.1, 0.15) is 44.9 Å². The summed E-state index contributed by atoms with van der Waals surface area (Å²) < 4.78 is 6.07. The standard InChI is InChI=1S/C16H26N2O2/c1-2-10-18-11-9-14-13(18)7-8-15(20-14)16(19)17-12-5-3-4-6-12/h2,12-15H,1,3-11H2,(H,17,19)/t13-,14-,15-/m1/s1. The summed E-state index contributed by atoms with van der Waals surface area (Å²) in [7, 11) is 0. The van der Waals surface area contributed by atoms with Gasteiger partial charge in [0.15, 0.2) is 0 Å². The minimum Gasteiger partial charge on any atom is -0.363 e. The van der Waals surface area contributed by atoms with Gasteiger partial charge in [-0.2, -0.15) is 0 Å². The molecule has 2 saturated heterocycles. The summed E-state index contributed by atoms with van der Waals surface area (Å²) in [4.78, 5) is 14.7. The summed E-state index contributed by atoms with van der Waals surface area (Å²) in [6.45, 7) is 5.82. The maximum atomic E-state index is 12.3. The molecule has 3 fully saturated rings. The van der Waals surface area contributed by atoms with Gasteiger partial charge in [-0.3, -0.25) is 9.69 Å². The zero-order chi connectivity index (χ0) is 13.9. The van der Waals surface area contributed by atoms with Crippen LogP contribution in [0.2, 0.25) is 0 Å². The highest BCUT2D eigenvalue weighted by molar-refractivity contribution is 5.81. The third-order valence-electron chi connectivity index (χ3n) is 5.02. The first-order valence-corrected chi connectivity index (χ1v) is 8.08. The van der Waals surface area contributed by atoms with Crippen molar-refractivity contribution < 1.29 is 9.53 Å². The van der Waals surface area contributed by atoms with Crippen molar-refractivity contribution in [3.05, 3.63) is 12.7 Å². The van der Waals surface area contributed by atoms with Crippen LogP contribution in [0.15, 0.2) is 12.7 Å². The summed E-state index contributed by atoms with van der Waals surface area (Å²) in [6, 6.07) is 0.883. The Labute approximate surface area is 121 Å². The van der Waals surface area contributed by atoms with Crippen molar-refractivity contribution in [2.75, 3.05) is 13.1 Å². The molecule has 0 aromatic heterocycles. The Kier molecular flexibility index (Phi) is 4.41. The van der Waals surface area contributed by atoms with Crippen LogP contribution in [-0.2, 0) is 9.53 Å². The van der Waals surface area contributed by atoms with Gasteiger partial charge in [-0.1, -0.05) is 18.9 Å². The molecule has 3 atom stereocenters. The molecule has 1 N–H and O–H groups in total. The van der Waals surface area contributed by atoms with E-state index in [4.69, 9.17) is 4.74 Å². The van der Waals surface area contributed by atoms with E-state index in [9.17, 15) is 4.79 Å². The minimum atomic E-state index is -0.222. The molecule has 1 aliphatic carbocycles. The molecule has 4 heteroatoms. The Bertz CT molecular complexity index is 365. The number of amides is 1. The van der Waals surface area contributed by atoms with Crippen molar-refractivity contribution in [2.24, 2.45) is 0 Å². The number of rotatable bonds is 4. The third-order valence-corrected chi connectivity index (χ3v) is 5.02. The highest BCUT2D eigenvalue weighted by Crippen LogP contribution is 2.31. The van der Waals surface area contributed by atoms with E-state index in [-0.39, 0.29) is 18.1 Å². The smallest absolute Gasteiger partial charge is 0.249 e. The highest BCUT2D eigenvalue weighted by Gasteiger charge is 2.41. The molecule has 1 amide bonds. The van der Waals surface area contributed by atoms with Gasteiger partial charge < -0.3 is 10.1 Å². The van der Waals surface area contributed by atoms with E-state index in [0.29, 0.717) is 12.1 Å². The second-order valence-corrected chi connectivity index (χ2v) is 6.37. The van der Waals surface area contributed by atoms with Crippen molar-refractivity contribution in [2.45, 2.75) is 69.2 Å². The van der Waals surface area contributed by atoms with Crippen molar-refractivity contribution in [1.29, 1.82) is 0 Å². The fourth-order valence-electron chi connectivity index (χ4n) is 3.96. The van der Waals surface area contributed by atoms with E-state index in [1.54, 1.807) is 0 Å². The predicted molar refractivity (Wildman–Crippen MR) is 78.5 cm³/mol. The summed E-state index contributed by atoms with van der Waals surface area (Å²) in [5.74, 6) is 0.123. The molecule has 3 rings (SSSR count). The van der Waals surface area contributed by atoms with Crippen LogP contribution in [0, 0.1) is 0 Å². The van der Waals surface area contributed by atoms with Crippen molar-refractivity contribution in [1.82, 2.24) is 10.2 Å². The van der Waals surface area contributed by atoms with Crippen molar-refractivity contribution in [3.63, 3.8) is 0 Å². The number of carbonyl (C=O) groups is 1. The second kappa shape index (κ2) is 6.27. The van der Waals surface area contributed by atoms with Crippen LogP contribution in [0.4, 0.5) is 0 Å². The first-order chi connectivity index (χ1) is 9.78. The quantitative estimate of drug-likeness (QED) is 0.798. The van der Waals surface area contributed by atoms with E-state index in [1.807, 2.05) is 6.08 Å². The zero-order valence-corrected chi connectivity index (χ0v) is 12.2. The topological polar surface area (TPSA) is 41.6 Å². The number of nitrogens with zero attached hydrogens (tertiary/aromatic N) is 1. The highest BCUT2D eigenvalue weighted by atomic mass is 16.5. The molecule has 20 heavy (non-hydrogen) atoms. The lowest BCUT2D eigenvalue weighted by atomic mass is 9.98. The number of hydrogen-bond acceptors (Lipinski definition) is 3. The lowest BCUT2D eigenvalue weighted by Crippen LogP contribution is -2.49. The van der Waals surface area contributed by atoms with Crippen LogP contribution >= 0.6 is 0 Å². The van der Waals surface area contributed by atoms with E-state index >= 15 is 0 Å². The normalized spacial score (nSPS) is 34.9. The number of likely N-dealkylation sites (tertiary alicyclic amines) is 1. The first-order valence-electron chi connectivity index (χ1n) is 8.08. The molecule has 0 bridgehead atoms. The van der Waals surface area contributed by atoms with Gasteiger partial charge in [0.05, 0.1) is 6.10 Å². The molecule has 2 aliphatic heterocycles. The largest absolute Gasteiger partial charge is 0.363 e. The van der Waals surface area contributed by atoms with E-state index in [2.05, 4.69) is 16.8 Å². The molecule has 1 saturated carbocycles. The van der Waals surface area contributed by atoms with Gasteiger partial charge >= 0.3 is 0 Å². The first kappa shape index (κ1) is 14.1. The van der Waals surface area contributed by atoms with Gasteiger partial charge in [-0.15, -0.1) is 6.58 Å². The molecule has 0 spiro atoms. The average Bonchev–Trinajstić information content (AvgIpc) is 3.09. The van der Waals surface area contributed by atoms with Gasteiger partial charge in [-0.05, 0) is 32.1 Å². The number of fused-ring (bicyclic) bond motifs is 1. The fraction of sp³-hybridized carbons (Fsp3) is 0.812. The lowest BCUT2D eigenvalue weighted by molar-refractivity contribution is -0.144. The van der Waals surface area contributed by atoms with E-state index < -0.39 is 0 Å². The van der Waals surface area contributed by atoms with Crippen LogP contribution in [0.5, 0.6) is 0 Å². The zero-order valence-electron chi connectivity index (χ0n) is 12.2. The van der Waals surface area contributed by atoms with Crippen LogP contribution in [-0.4, -0.2) is 48.2 Å². The minimum absolute atomic E-state index is 0.123. The van der Waals surface area contributed by atoms with E-state index in [0.717, 1.165) is 45.2 Å². The number of hydrogen-bond donors (Lipinski definition) is 1. The van der Waals surface area contributed by atoms with Crippen LogP contribution < -0.4 is 5.32 Å². The number of carbonyl (C=O) groups excluding carboxylic acids is 1. The molecule has 0 radical (unpaired) electrons. The number of ether oxygens (including phenoxy) is 1. The maximum absolute atomic E-state index is 12.3. The summed E-state index contributed by atoms with van der Waals surface area (Å²) in [5, 5.41) is 3.17. The molecule has 0 unspecified atom stereocenters. The third kappa shape index (κ3) is 2.91. The molecular weight excluding hydrogens is 252 g/mol. The average molecular weight is 278 g/mol. The number of nitrogens with one attached hydrogen (secondary N) is 1. The van der Waals surface area contributed by atoms with E-state index in [1.165, 1.54) is 12.8 Å². The van der Waals surface area contributed by atoms with Crippen molar-refractivity contribution >= 4 is 5.91 Å². The van der Waals surface area contributed by atoms with Gasteiger partial charge in [0.1, 0.15) is 6.10 Å². The Balaban J connectivity index is 1.51. The Morgan fingerprint density at radius 3 is 2.80 bits per heavy atom. The Hall–Kier alpha value is -0.870. The Morgan fingerprint density at radius 1 is 1.25 bits per heavy atom. The maximum Gasteiger partial charge on any atom is 0.249 e. The van der Waals surface area contributed by atoms with Gasteiger partial charge in [0.2, 0.25) is 5.91 Å². The molecule has 112 valence electrons. The molecule has 0 aromatic carbocycles. The molecule has 4 nitrogen and oxygen atoms in total. The lowest BCUT2D eigenvalue weighted by Gasteiger charge is -2.35. The SMILES string of the molecule is C=CCN1CC[C@H]2O[C@@H](C(=O)NC3CCCC3)CC[C@H]21. The monoisotopic (exact) mass is 278 g/mol. The van der Waals surface area contributed by atoms with Crippen molar-refractivity contribution in [3.8, 4) is 0 Å². The van der Waals surface area contributed by atoms with Crippen LogP contribution in [0.3, 0.4) is 0 Å². The van der Waals surface area contributed by atoms with Crippen LogP contribution in [0.25, 0.3) is 0 Å². The second-order valence-electron chi connectivity index (χ2n) is 6.37. The molecule has 0 aromatic rings. The van der Waals surface area contributed by atoms with Gasteiger partial charge in [0, 0.05) is 25.2 Å². The summed E-state index contributed by atoms with van der Waals surface area (Å²) in [6.07, 6.45) is 9.72. The summed E-state index contributed by atoms with van der Waals surface area (Å²) in [5.41, 5.74) is 0. The van der Waals surface area contributed by atoms with Gasteiger partial charge in [-0.25, -0.2) is 0 Å². The molecular formula is C16H26N2O2. The fourth-order valence-corrected chi connectivity index (χ4v) is 3.96. The molecule has 2 heterocycles.